The molecule has 8 heteroatoms. The van der Waals surface area contributed by atoms with Crippen molar-refractivity contribution in [3.8, 4) is 0 Å². The zero-order valence-corrected chi connectivity index (χ0v) is 24.2. The van der Waals surface area contributed by atoms with Crippen LogP contribution < -0.4 is 5.32 Å². The summed E-state index contributed by atoms with van der Waals surface area (Å²) in [6, 6.07) is 11.3. The Morgan fingerprint density at radius 3 is 2.50 bits per heavy atom. The molecule has 4 rings (SSSR count). The van der Waals surface area contributed by atoms with E-state index in [-0.39, 0.29) is 11.8 Å². The number of carbonyl (C=O) groups excluding carboxylic acids is 2. The number of rotatable bonds is 10. The molecule has 40 heavy (non-hydrogen) atoms. The number of aryl methyl sites for hydroxylation is 1. The highest BCUT2D eigenvalue weighted by molar-refractivity contribution is 6.31. The number of nitrogens with one attached hydrogen (secondary N) is 1. The molecule has 2 amide bonds. The number of fused-ring (bicyclic) bond motifs is 1. The monoisotopic (exact) mass is 560 g/mol. The van der Waals surface area contributed by atoms with Gasteiger partial charge in [0.05, 0.1) is 12.1 Å². The predicted octanol–water partition coefficient (Wildman–Crippen LogP) is 5.99. The molecule has 0 saturated carbocycles. The smallest absolute Gasteiger partial charge is 0.253 e. The number of aromatic nitrogens is 2. The van der Waals surface area contributed by atoms with Crippen LogP contribution in [0, 0.1) is 12.8 Å². The predicted molar refractivity (Wildman–Crippen MR) is 162 cm³/mol. The van der Waals surface area contributed by atoms with E-state index in [2.05, 4.69) is 11.9 Å². The number of benzene rings is 2. The summed E-state index contributed by atoms with van der Waals surface area (Å²) < 4.78 is 7.00. The van der Waals surface area contributed by atoms with Crippen LogP contribution in [0.3, 0.4) is 0 Å². The van der Waals surface area contributed by atoms with Gasteiger partial charge in [0.2, 0.25) is 0 Å². The minimum atomic E-state index is -0.105. The van der Waals surface area contributed by atoms with Crippen molar-refractivity contribution in [3.05, 3.63) is 94.7 Å². The van der Waals surface area contributed by atoms with Crippen LogP contribution in [0.15, 0.2) is 72.4 Å². The molecule has 0 aliphatic carbocycles. The Balaban J connectivity index is 1.35. The lowest BCUT2D eigenvalue weighted by molar-refractivity contribution is 0.0681. The molecule has 1 fully saturated rings. The Bertz CT molecular complexity index is 1430. The lowest BCUT2D eigenvalue weighted by Crippen LogP contribution is -2.39. The molecule has 1 N–H and O–H groups in total. The highest BCUT2D eigenvalue weighted by Gasteiger charge is 2.24. The van der Waals surface area contributed by atoms with Gasteiger partial charge < -0.3 is 15.0 Å². The van der Waals surface area contributed by atoms with Crippen LogP contribution in [0.4, 0.5) is 0 Å². The number of halogens is 1. The maximum Gasteiger partial charge on any atom is 0.253 e. The van der Waals surface area contributed by atoms with Crippen molar-refractivity contribution in [2.24, 2.45) is 5.92 Å². The second kappa shape index (κ2) is 13.6. The third-order valence-corrected chi connectivity index (χ3v) is 7.77. The van der Waals surface area contributed by atoms with Gasteiger partial charge in [0, 0.05) is 61.0 Å². The van der Waals surface area contributed by atoms with Crippen molar-refractivity contribution in [2.45, 2.75) is 33.2 Å². The van der Waals surface area contributed by atoms with Gasteiger partial charge in [-0.2, -0.15) is 5.10 Å². The Labute approximate surface area is 241 Å². The van der Waals surface area contributed by atoms with E-state index in [1.807, 2.05) is 78.2 Å². The number of ether oxygens (including phenoxy) is 1. The average Bonchev–Trinajstić information content (AvgIpc) is 3.39. The summed E-state index contributed by atoms with van der Waals surface area (Å²) in [7, 11) is 1.61. The van der Waals surface area contributed by atoms with Gasteiger partial charge in [0.25, 0.3) is 11.8 Å². The highest BCUT2D eigenvalue weighted by Crippen LogP contribution is 2.25. The normalized spacial score (nSPS) is 14.9. The lowest BCUT2D eigenvalue weighted by Gasteiger charge is -2.32. The average molecular weight is 561 g/mol. The van der Waals surface area contributed by atoms with E-state index in [1.165, 1.54) is 0 Å². The molecule has 210 valence electrons. The minimum Gasteiger partial charge on any atom is -0.383 e. The number of amides is 2. The van der Waals surface area contributed by atoms with E-state index in [4.69, 9.17) is 21.4 Å². The number of nitrogens with zero attached hydrogens (tertiary/aromatic N) is 3. The Kier molecular flexibility index (Phi) is 9.96. The molecule has 1 saturated heterocycles. The second-order valence-electron chi connectivity index (χ2n) is 10.1. The Morgan fingerprint density at radius 2 is 1.85 bits per heavy atom. The van der Waals surface area contributed by atoms with E-state index < -0.39 is 0 Å². The van der Waals surface area contributed by atoms with E-state index in [0.29, 0.717) is 48.3 Å². The van der Waals surface area contributed by atoms with Crippen molar-refractivity contribution in [1.82, 2.24) is 20.0 Å². The molecule has 0 unspecified atom stereocenters. The summed E-state index contributed by atoms with van der Waals surface area (Å²) in [5.74, 6) is 0.374. The third-order valence-electron chi connectivity index (χ3n) is 7.44. The molecular weight excluding hydrogens is 524 g/mol. The molecule has 1 aliphatic heterocycles. The molecule has 7 nitrogen and oxygen atoms in total. The van der Waals surface area contributed by atoms with Crippen LogP contribution in [-0.4, -0.2) is 59.8 Å². The van der Waals surface area contributed by atoms with Gasteiger partial charge in [-0.3, -0.25) is 14.3 Å². The number of carbonyl (C=O) groups is 2. The molecule has 1 aliphatic rings. The molecule has 2 heterocycles. The second-order valence-corrected chi connectivity index (χ2v) is 10.5. The highest BCUT2D eigenvalue weighted by atomic mass is 35.5. The van der Waals surface area contributed by atoms with E-state index in [1.54, 1.807) is 13.2 Å². The van der Waals surface area contributed by atoms with Crippen molar-refractivity contribution < 1.29 is 14.3 Å². The van der Waals surface area contributed by atoms with Crippen LogP contribution in [0.2, 0.25) is 0 Å². The molecule has 0 bridgehead atoms. The van der Waals surface area contributed by atoms with Crippen LogP contribution >= 0.6 is 11.6 Å². The van der Waals surface area contributed by atoms with Gasteiger partial charge in [-0.1, -0.05) is 42.5 Å². The molecule has 3 aromatic rings. The van der Waals surface area contributed by atoms with Crippen LogP contribution in [0.5, 0.6) is 0 Å². The summed E-state index contributed by atoms with van der Waals surface area (Å²) >= 11 is 6.15. The van der Waals surface area contributed by atoms with Gasteiger partial charge in [-0.25, -0.2) is 0 Å². The summed E-state index contributed by atoms with van der Waals surface area (Å²) in [6.45, 7) is 10.9. The van der Waals surface area contributed by atoms with Gasteiger partial charge in [0.1, 0.15) is 0 Å². The molecule has 0 radical (unpaired) electrons. The number of hydrogen-bond acceptors (Lipinski definition) is 4. The number of allylic oxidation sites excluding steroid dienone is 5. The Morgan fingerprint density at radius 1 is 1.15 bits per heavy atom. The van der Waals surface area contributed by atoms with E-state index in [9.17, 15) is 9.59 Å². The molecular formula is C32H37ClN4O3. The molecule has 2 aromatic carbocycles. The minimum absolute atomic E-state index is 0.0531. The van der Waals surface area contributed by atoms with Crippen LogP contribution in [0.25, 0.3) is 16.5 Å². The number of hydrogen-bond donors (Lipinski definition) is 1. The maximum atomic E-state index is 13.2. The van der Waals surface area contributed by atoms with Crippen molar-refractivity contribution in [2.75, 3.05) is 33.4 Å². The number of methoxy groups -OCH3 is 1. The quantitative estimate of drug-likeness (QED) is 0.244. The summed E-state index contributed by atoms with van der Waals surface area (Å²) in [5, 5.41) is 9.27. The number of likely N-dealkylation sites (tertiary alicyclic amines) is 1. The largest absolute Gasteiger partial charge is 0.383 e. The third kappa shape index (κ3) is 6.90. The van der Waals surface area contributed by atoms with Crippen molar-refractivity contribution in [1.29, 1.82) is 0 Å². The summed E-state index contributed by atoms with van der Waals surface area (Å²) in [6.07, 6.45) is 9.31. The first kappa shape index (κ1) is 29.3. The van der Waals surface area contributed by atoms with Gasteiger partial charge in [-0.15, -0.1) is 0 Å². The zero-order chi connectivity index (χ0) is 28.6. The van der Waals surface area contributed by atoms with E-state index in [0.717, 1.165) is 47.0 Å². The van der Waals surface area contributed by atoms with Gasteiger partial charge in [-0.05, 0) is 79.6 Å². The zero-order valence-electron chi connectivity index (χ0n) is 23.5. The van der Waals surface area contributed by atoms with Crippen molar-refractivity contribution >= 4 is 39.9 Å². The molecule has 0 spiro atoms. The SMILES string of the molecule is C=C/C(=C\C(Cl)=C/C)c1ccc(C(=O)N2CCC(Cn3cc4c(C)c(C(=O)NCCOC)ccc4n3)CC2)cc1. The first-order chi connectivity index (χ1) is 19.3. The number of piperidine rings is 1. The summed E-state index contributed by atoms with van der Waals surface area (Å²) in [5.41, 5.74) is 5.01. The van der Waals surface area contributed by atoms with Gasteiger partial charge in [0.15, 0.2) is 0 Å². The molecule has 0 atom stereocenters. The topological polar surface area (TPSA) is 76.5 Å². The summed E-state index contributed by atoms with van der Waals surface area (Å²) in [4.78, 5) is 27.7. The first-order valence-electron chi connectivity index (χ1n) is 13.6. The van der Waals surface area contributed by atoms with Gasteiger partial charge >= 0.3 is 0 Å². The van der Waals surface area contributed by atoms with Crippen molar-refractivity contribution in [3.63, 3.8) is 0 Å². The molecule has 1 aromatic heterocycles. The fraction of sp³-hybridized carbons (Fsp3) is 0.344. The fourth-order valence-corrected chi connectivity index (χ4v) is 5.16. The van der Waals surface area contributed by atoms with Crippen LogP contribution in [0.1, 0.15) is 51.6 Å². The lowest BCUT2D eigenvalue weighted by atomic mass is 9.96. The first-order valence-corrected chi connectivity index (χ1v) is 14.0. The standard InChI is InChI=1S/C32H37ClN4O3/c1-5-24(19-27(33)6-2)25-7-9-26(10-8-25)32(39)36-16-13-23(14-17-36)20-37-21-29-22(3)28(11-12-30(29)35-37)31(38)34-15-18-40-4/h5-12,19,21,23H,1,13-18,20H2,2-4H3,(H,34,38)/b24-19+,27-6+. The maximum absolute atomic E-state index is 13.2. The Hall–Kier alpha value is -3.68. The van der Waals surface area contributed by atoms with Crippen LogP contribution in [-0.2, 0) is 11.3 Å². The fourth-order valence-electron chi connectivity index (χ4n) is 5.05. The van der Waals surface area contributed by atoms with E-state index >= 15 is 0 Å².